The molecule has 3 rings (SSSR count). The number of nitrogens with zero attached hydrogens (tertiary/aromatic N) is 2. The number of thiophene rings is 1. The van der Waals surface area contributed by atoms with E-state index in [2.05, 4.69) is 32.7 Å². The Labute approximate surface area is 154 Å². The fourth-order valence-electron chi connectivity index (χ4n) is 2.86. The highest BCUT2D eigenvalue weighted by Crippen LogP contribution is 2.24. The van der Waals surface area contributed by atoms with Crippen LogP contribution < -0.4 is 10.6 Å². The van der Waals surface area contributed by atoms with E-state index in [9.17, 15) is 9.59 Å². The molecule has 2 atom stereocenters. The maximum absolute atomic E-state index is 11.9. The number of aromatic amines is 1. The standard InChI is InChI=1S/C16H21N5O2S2/c1-10-5-2-3-6-11(10)17-15(23)18-13(22)9-25-16-19-14(20-21-16)12-7-4-8-24-12/h4,7-8,10-11H,2-3,5-6,9H2,1H3,(H,19,20,21)(H2,17,18,22,23)/t10-,11-/m0/s1. The highest BCUT2D eigenvalue weighted by molar-refractivity contribution is 7.99. The number of thioether (sulfide) groups is 1. The van der Waals surface area contributed by atoms with Gasteiger partial charge in [0.15, 0.2) is 5.82 Å². The van der Waals surface area contributed by atoms with Crippen LogP contribution in [0.2, 0.25) is 0 Å². The molecule has 25 heavy (non-hydrogen) atoms. The zero-order chi connectivity index (χ0) is 17.6. The van der Waals surface area contributed by atoms with Crippen LogP contribution in [-0.4, -0.2) is 38.9 Å². The average Bonchev–Trinajstić information content (AvgIpc) is 3.26. The summed E-state index contributed by atoms with van der Waals surface area (Å²) in [5.74, 6) is 0.873. The van der Waals surface area contributed by atoms with Crippen molar-refractivity contribution in [2.75, 3.05) is 5.75 Å². The lowest BCUT2D eigenvalue weighted by Crippen LogP contribution is -2.48. The monoisotopic (exact) mass is 379 g/mol. The Morgan fingerprint density at radius 3 is 3.00 bits per heavy atom. The van der Waals surface area contributed by atoms with Crippen LogP contribution in [0.1, 0.15) is 32.6 Å². The molecular formula is C16H21N5O2S2. The first-order chi connectivity index (χ1) is 12.1. The minimum atomic E-state index is -0.418. The molecule has 3 amide bonds. The molecule has 0 radical (unpaired) electrons. The molecule has 0 aliphatic heterocycles. The summed E-state index contributed by atoms with van der Waals surface area (Å²) >= 11 is 2.76. The number of hydrogen-bond acceptors (Lipinski definition) is 6. The number of rotatable bonds is 5. The Balaban J connectivity index is 1.42. The quantitative estimate of drug-likeness (QED) is 0.694. The van der Waals surface area contributed by atoms with Crippen LogP contribution in [0.4, 0.5) is 4.79 Å². The first-order valence-electron chi connectivity index (χ1n) is 8.31. The molecule has 0 aromatic carbocycles. The third-order valence-corrected chi connectivity index (χ3v) is 5.96. The number of carbonyl (C=O) groups excluding carboxylic acids is 2. The van der Waals surface area contributed by atoms with Crippen LogP contribution >= 0.6 is 23.1 Å². The van der Waals surface area contributed by atoms with E-state index in [4.69, 9.17) is 0 Å². The maximum Gasteiger partial charge on any atom is 0.321 e. The zero-order valence-corrected chi connectivity index (χ0v) is 15.6. The first kappa shape index (κ1) is 17.9. The molecule has 0 unspecified atom stereocenters. The van der Waals surface area contributed by atoms with Gasteiger partial charge in [-0.1, -0.05) is 37.6 Å². The van der Waals surface area contributed by atoms with E-state index in [0.29, 0.717) is 16.9 Å². The van der Waals surface area contributed by atoms with Gasteiger partial charge < -0.3 is 5.32 Å². The number of urea groups is 1. The highest BCUT2D eigenvalue weighted by Gasteiger charge is 2.23. The number of imide groups is 1. The molecule has 2 aromatic rings. The van der Waals surface area contributed by atoms with Crippen molar-refractivity contribution in [1.82, 2.24) is 25.8 Å². The van der Waals surface area contributed by atoms with Gasteiger partial charge in [-0.3, -0.25) is 15.2 Å². The van der Waals surface area contributed by atoms with Crippen LogP contribution in [0.5, 0.6) is 0 Å². The normalized spacial score (nSPS) is 20.2. The van der Waals surface area contributed by atoms with E-state index >= 15 is 0 Å². The Bertz CT molecular complexity index is 716. The third kappa shape index (κ3) is 5.05. The van der Waals surface area contributed by atoms with E-state index in [1.54, 1.807) is 11.3 Å². The minimum absolute atomic E-state index is 0.0926. The molecular weight excluding hydrogens is 358 g/mol. The van der Waals surface area contributed by atoms with Crippen molar-refractivity contribution in [3.8, 4) is 10.7 Å². The van der Waals surface area contributed by atoms with Crippen LogP contribution in [0.15, 0.2) is 22.7 Å². The Morgan fingerprint density at radius 2 is 2.24 bits per heavy atom. The summed E-state index contributed by atoms with van der Waals surface area (Å²) in [6.07, 6.45) is 4.42. The van der Waals surface area contributed by atoms with Crippen molar-refractivity contribution in [1.29, 1.82) is 0 Å². The van der Waals surface area contributed by atoms with E-state index < -0.39 is 6.03 Å². The summed E-state index contributed by atoms with van der Waals surface area (Å²) < 4.78 is 0. The Morgan fingerprint density at radius 1 is 1.40 bits per heavy atom. The van der Waals surface area contributed by atoms with Crippen molar-refractivity contribution < 1.29 is 9.59 Å². The molecule has 2 heterocycles. The molecule has 7 nitrogen and oxygen atoms in total. The lowest BCUT2D eigenvalue weighted by Gasteiger charge is -2.29. The van der Waals surface area contributed by atoms with Gasteiger partial charge in [-0.2, -0.15) is 0 Å². The lowest BCUT2D eigenvalue weighted by molar-refractivity contribution is -0.117. The number of hydrogen-bond donors (Lipinski definition) is 3. The molecule has 1 aliphatic rings. The molecule has 1 saturated carbocycles. The summed E-state index contributed by atoms with van der Waals surface area (Å²) in [5.41, 5.74) is 0. The predicted octanol–water partition coefficient (Wildman–Crippen LogP) is 3.03. The van der Waals surface area contributed by atoms with Crippen molar-refractivity contribution in [2.45, 2.75) is 43.8 Å². The number of aromatic nitrogens is 3. The molecule has 1 aliphatic carbocycles. The summed E-state index contributed by atoms with van der Waals surface area (Å²) in [7, 11) is 0. The van der Waals surface area contributed by atoms with Gasteiger partial charge in [-0.25, -0.2) is 9.78 Å². The van der Waals surface area contributed by atoms with Crippen molar-refractivity contribution in [2.24, 2.45) is 5.92 Å². The van der Waals surface area contributed by atoms with Crippen molar-refractivity contribution in [3.05, 3.63) is 17.5 Å². The summed E-state index contributed by atoms with van der Waals surface area (Å²) in [4.78, 5) is 29.2. The second-order valence-electron chi connectivity index (χ2n) is 6.12. The molecule has 0 saturated heterocycles. The highest BCUT2D eigenvalue weighted by atomic mass is 32.2. The first-order valence-corrected chi connectivity index (χ1v) is 10.2. The number of H-pyrrole nitrogens is 1. The van der Waals surface area contributed by atoms with Crippen molar-refractivity contribution >= 4 is 35.0 Å². The van der Waals surface area contributed by atoms with Gasteiger partial charge in [0.05, 0.1) is 10.6 Å². The van der Waals surface area contributed by atoms with Gasteiger partial charge >= 0.3 is 6.03 Å². The van der Waals surface area contributed by atoms with Gasteiger partial charge in [0.1, 0.15) is 0 Å². The van der Waals surface area contributed by atoms with Gasteiger partial charge in [-0.15, -0.1) is 16.4 Å². The average molecular weight is 380 g/mol. The van der Waals surface area contributed by atoms with Gasteiger partial charge in [0.25, 0.3) is 0 Å². The van der Waals surface area contributed by atoms with Crippen LogP contribution in [-0.2, 0) is 4.79 Å². The van der Waals surface area contributed by atoms with Gasteiger partial charge in [0, 0.05) is 6.04 Å². The van der Waals surface area contributed by atoms with E-state index in [1.165, 1.54) is 18.2 Å². The van der Waals surface area contributed by atoms with E-state index in [-0.39, 0.29) is 17.7 Å². The SMILES string of the molecule is C[C@H]1CCCC[C@@H]1NC(=O)NC(=O)CSc1n[nH]c(-c2cccs2)n1. The number of amides is 3. The van der Waals surface area contributed by atoms with Crippen molar-refractivity contribution in [3.63, 3.8) is 0 Å². The predicted molar refractivity (Wildman–Crippen MR) is 98.5 cm³/mol. The van der Waals surface area contributed by atoms with Crippen LogP contribution in [0, 0.1) is 5.92 Å². The molecule has 9 heteroatoms. The molecule has 0 spiro atoms. The van der Waals surface area contributed by atoms with E-state index in [1.807, 2.05) is 17.5 Å². The number of nitrogens with one attached hydrogen (secondary N) is 3. The smallest absolute Gasteiger partial charge is 0.321 e. The molecule has 0 bridgehead atoms. The molecule has 134 valence electrons. The minimum Gasteiger partial charge on any atom is -0.335 e. The molecule has 3 N–H and O–H groups in total. The van der Waals surface area contributed by atoms with Crippen LogP contribution in [0.3, 0.4) is 0 Å². The maximum atomic E-state index is 11.9. The fraction of sp³-hybridized carbons (Fsp3) is 0.500. The Kier molecular flexibility index (Phi) is 6.09. The summed E-state index contributed by atoms with van der Waals surface area (Å²) in [5, 5.41) is 14.7. The zero-order valence-electron chi connectivity index (χ0n) is 13.9. The second-order valence-corrected chi connectivity index (χ2v) is 8.01. The second kappa shape index (κ2) is 8.48. The number of carbonyl (C=O) groups is 2. The topological polar surface area (TPSA) is 99.8 Å². The summed E-state index contributed by atoms with van der Waals surface area (Å²) in [6.45, 7) is 2.14. The van der Waals surface area contributed by atoms with Crippen LogP contribution in [0.25, 0.3) is 10.7 Å². The Hall–Kier alpha value is -1.87. The molecule has 1 fully saturated rings. The van der Waals surface area contributed by atoms with Gasteiger partial charge in [-0.05, 0) is 30.2 Å². The fourth-order valence-corrected chi connectivity index (χ4v) is 4.12. The molecule has 2 aromatic heterocycles. The largest absolute Gasteiger partial charge is 0.335 e. The lowest BCUT2D eigenvalue weighted by atomic mass is 9.86. The van der Waals surface area contributed by atoms with Gasteiger partial charge in [0.2, 0.25) is 11.1 Å². The van der Waals surface area contributed by atoms with E-state index in [0.717, 1.165) is 24.1 Å². The third-order valence-electron chi connectivity index (χ3n) is 4.23. The summed E-state index contributed by atoms with van der Waals surface area (Å²) in [6, 6.07) is 3.62.